The molecule has 0 radical (unpaired) electrons. The lowest BCUT2D eigenvalue weighted by Gasteiger charge is -2.20. The molecular weight excluding hydrogens is 1290 g/mol. The van der Waals surface area contributed by atoms with Gasteiger partial charge in [0.05, 0.1) is 82.6 Å². The number of aromatic nitrogens is 4. The zero-order chi connectivity index (χ0) is 62.3. The van der Waals surface area contributed by atoms with Crippen molar-refractivity contribution in [2.24, 2.45) is 16.2 Å². The van der Waals surface area contributed by atoms with Crippen LogP contribution in [0.2, 0.25) is 0 Å². The molecule has 0 spiro atoms. The fourth-order valence-corrected chi connectivity index (χ4v) is 18.3. The van der Waals surface area contributed by atoms with Crippen molar-refractivity contribution in [1.29, 1.82) is 0 Å². The van der Waals surface area contributed by atoms with E-state index in [1.54, 1.807) is 68.0 Å². The van der Waals surface area contributed by atoms with Gasteiger partial charge < -0.3 is 56.8 Å². The fraction of sp³-hybridized carbons (Fsp3) is 0.446. The summed E-state index contributed by atoms with van der Waals surface area (Å²) in [5, 5.41) is 0. The van der Waals surface area contributed by atoms with Crippen molar-refractivity contribution in [3.63, 3.8) is 0 Å². The van der Waals surface area contributed by atoms with Crippen molar-refractivity contribution >= 4 is 114 Å². The first-order valence-corrected chi connectivity index (χ1v) is 35.8. The van der Waals surface area contributed by atoms with Gasteiger partial charge in [0, 0.05) is 77.5 Å². The summed E-state index contributed by atoms with van der Waals surface area (Å²) in [6.45, 7) is 37.1. The van der Waals surface area contributed by atoms with E-state index in [9.17, 15) is 0 Å². The number of fused-ring (bicyclic) bond motifs is 8. The second-order valence-electron chi connectivity index (χ2n) is 24.9. The monoisotopic (exact) mass is 1350 g/mol. The van der Waals surface area contributed by atoms with Gasteiger partial charge in [-0.15, -0.1) is 68.0 Å². The van der Waals surface area contributed by atoms with Gasteiger partial charge in [0.2, 0.25) is 0 Å². The Labute approximate surface area is 550 Å². The van der Waals surface area contributed by atoms with Crippen LogP contribution in [-0.4, -0.2) is 96.8 Å². The molecule has 0 amide bonds. The maximum absolute atomic E-state index is 6.33. The molecule has 0 saturated heterocycles. The molecule has 16 rings (SSSR count). The van der Waals surface area contributed by atoms with E-state index in [1.807, 2.05) is 0 Å². The van der Waals surface area contributed by atoms with Gasteiger partial charge in [0.15, 0.2) is 69.0 Å². The third kappa shape index (κ3) is 12.0. The van der Waals surface area contributed by atoms with Crippen LogP contribution in [0.5, 0.6) is 69.0 Å². The van der Waals surface area contributed by atoms with Crippen molar-refractivity contribution < 1.29 is 56.8 Å². The van der Waals surface area contributed by atoms with E-state index in [1.165, 1.54) is 43.0 Å². The predicted molar refractivity (Wildman–Crippen MR) is 362 cm³/mol. The highest BCUT2D eigenvalue weighted by atomic mass is 32.1. The Morgan fingerprint density at radius 3 is 0.697 bits per heavy atom. The molecule has 89 heavy (non-hydrogen) atoms. The molecule has 0 bridgehead atoms. The lowest BCUT2D eigenvalue weighted by atomic mass is 9.96. The molecule has 6 aliphatic rings. The normalized spacial score (nSPS) is 17.0. The van der Waals surface area contributed by atoms with Gasteiger partial charge in [-0.3, -0.25) is 0 Å². The Bertz CT molecular complexity index is 4050. The summed E-state index contributed by atoms with van der Waals surface area (Å²) < 4.78 is 89.9. The zero-order valence-electron chi connectivity index (χ0n) is 52.2. The Hall–Kier alpha value is -6.12. The number of thiophene rings is 6. The van der Waals surface area contributed by atoms with Crippen LogP contribution in [0.25, 0.3) is 63.8 Å². The molecule has 6 aliphatic heterocycles. The molecule has 0 N–H and O–H groups in total. The molecule has 0 unspecified atom stereocenters. The summed E-state index contributed by atoms with van der Waals surface area (Å²) in [6, 6.07) is 8.47. The summed E-state index contributed by atoms with van der Waals surface area (Å²) >= 11 is 12.7. The molecule has 0 saturated carbocycles. The van der Waals surface area contributed by atoms with E-state index in [2.05, 4.69) is 130 Å². The second-order valence-corrected chi connectivity index (χ2v) is 33.7. The van der Waals surface area contributed by atoms with Crippen LogP contribution >= 0.6 is 91.5 Å². The smallest absolute Gasteiger partial charge is 0.180 e. The van der Waals surface area contributed by atoms with Gasteiger partial charge in [-0.2, -0.15) is 17.5 Å². The Morgan fingerprint density at radius 1 is 0.258 bits per heavy atom. The number of hydrogen-bond donors (Lipinski definition) is 0. The van der Waals surface area contributed by atoms with Crippen molar-refractivity contribution in [2.75, 3.05) is 79.3 Å². The number of nitrogens with zero attached hydrogens (tertiary/aromatic N) is 4. The quantitative estimate of drug-likeness (QED) is 0.163. The molecule has 2 aromatic carbocycles. The number of rotatable bonds is 4. The van der Waals surface area contributed by atoms with Gasteiger partial charge in [0.1, 0.15) is 61.7 Å². The summed E-state index contributed by atoms with van der Waals surface area (Å²) in [7, 11) is 0. The van der Waals surface area contributed by atoms with Gasteiger partial charge >= 0.3 is 0 Å². The first kappa shape index (κ1) is 61.7. The van der Waals surface area contributed by atoms with Crippen molar-refractivity contribution in [2.45, 2.75) is 96.9 Å². The van der Waals surface area contributed by atoms with Crippen molar-refractivity contribution in [3.05, 3.63) is 63.3 Å². The molecule has 24 heteroatoms. The standard InChI is InChI=1S/C26H28N2O4S3.C20H16N2O4S3.C11H16O2S.C8H10O2S/c1-13-19-21(31-11-25(3,4)9-29-19)23(33-13)15-7-8-16(18-17(15)27-35-28-18)24-22-20(14(2)34-24)30-10-26(5,6)12-32-22;1-9-15-17(25-7-5-23-15)19(27-9)11-3-4-12(14-13(11)21-29-22-14)20-18-16(10(2)28-20)24-6-8-26-18;1-7-9-10(8(2)14-7)13-6-11(3,4)5-12-9;1-5-7-8(6(2)11-5)10-4-3-9-7/h7-8H,9-12H2,1-6H3;3-4H,5-8H2,1-2H3;5-6H2,1-4H3;3-4H2,1-2H3. The fourth-order valence-electron chi connectivity index (χ4n) is 10.9. The third-order valence-corrected chi connectivity index (χ3v) is 22.9. The van der Waals surface area contributed by atoms with Gasteiger partial charge in [-0.25, -0.2) is 0 Å². The molecule has 0 fully saturated rings. The SMILES string of the molecule is Cc1sc(-c2ccc(-c3sc(C)c4c3OCC(C)(C)CO4)c3nsnc23)c2c1OCC(C)(C)CO2.Cc1sc(-c2ccc(-c3sc(C)c4c3OCCO4)c3nsnc23)c2c1OCCO2.Cc1sc(C)c2c1OCC(C)(C)CO2.Cc1sc(C)c2c1OCCO2. The molecule has 10 aromatic rings. The minimum Gasteiger partial charge on any atom is -0.488 e. The zero-order valence-corrected chi connectivity index (χ0v) is 58.8. The maximum atomic E-state index is 6.33. The average molecular weight is 1360 g/mol. The summed E-state index contributed by atoms with van der Waals surface area (Å²) in [5.41, 5.74) is 7.60. The number of aryl methyl sites for hydroxylation is 8. The highest BCUT2D eigenvalue weighted by Crippen LogP contribution is 2.57. The average Bonchev–Trinajstić information content (AvgIpc) is 1.65. The van der Waals surface area contributed by atoms with E-state index >= 15 is 0 Å². The van der Waals surface area contributed by atoms with Crippen molar-refractivity contribution in [3.8, 4) is 111 Å². The largest absolute Gasteiger partial charge is 0.488 e. The molecule has 8 aromatic heterocycles. The Balaban J connectivity index is 0.000000120. The molecule has 0 aliphatic carbocycles. The Morgan fingerprint density at radius 2 is 0.438 bits per heavy atom. The van der Waals surface area contributed by atoms with Gasteiger partial charge in [0.25, 0.3) is 0 Å². The van der Waals surface area contributed by atoms with Crippen LogP contribution in [0.4, 0.5) is 0 Å². The van der Waals surface area contributed by atoms with E-state index < -0.39 is 0 Å². The van der Waals surface area contributed by atoms with Gasteiger partial charge in [-0.1, -0.05) is 65.8 Å². The minimum absolute atomic E-state index is 0.0484. The molecule has 16 nitrogen and oxygen atoms in total. The summed E-state index contributed by atoms with van der Waals surface area (Å²) in [6.07, 6.45) is 0. The lowest BCUT2D eigenvalue weighted by molar-refractivity contribution is 0.139. The molecule has 14 heterocycles. The topological polar surface area (TPSA) is 162 Å². The van der Waals surface area contributed by atoms with Crippen LogP contribution in [-0.2, 0) is 0 Å². The molecule has 470 valence electrons. The van der Waals surface area contributed by atoms with Crippen LogP contribution in [0.3, 0.4) is 0 Å². The predicted octanol–water partition coefficient (Wildman–Crippen LogP) is 18.0. The van der Waals surface area contributed by atoms with E-state index in [4.69, 9.17) is 65.6 Å². The second kappa shape index (κ2) is 24.5. The number of benzene rings is 2. The minimum atomic E-state index is -0.0484. The first-order chi connectivity index (χ1) is 42.6. The summed E-state index contributed by atoms with van der Waals surface area (Å²) in [4.78, 5) is 13.5. The van der Waals surface area contributed by atoms with Crippen molar-refractivity contribution in [1.82, 2.24) is 17.5 Å². The number of ether oxygens (including phenoxy) is 12. The highest BCUT2D eigenvalue weighted by molar-refractivity contribution is 7.18. The third-order valence-electron chi connectivity index (χ3n) is 15.4. The lowest BCUT2D eigenvalue weighted by Crippen LogP contribution is -2.26. The molecular formula is C65H70N4O12S8. The molecule has 0 atom stereocenters. The highest BCUT2D eigenvalue weighted by Gasteiger charge is 2.35. The van der Waals surface area contributed by atoms with Crippen LogP contribution in [0.15, 0.2) is 24.3 Å². The maximum Gasteiger partial charge on any atom is 0.180 e. The summed E-state index contributed by atoms with van der Waals surface area (Å²) in [5.74, 6) is 10.5. The van der Waals surface area contributed by atoms with E-state index in [-0.39, 0.29) is 16.2 Å². The van der Waals surface area contributed by atoms with E-state index in [0.717, 1.165) is 166 Å². The van der Waals surface area contributed by atoms with Crippen LogP contribution in [0.1, 0.15) is 80.6 Å². The van der Waals surface area contributed by atoms with E-state index in [0.29, 0.717) is 66.1 Å². The first-order valence-electron chi connectivity index (χ1n) is 29.4. The van der Waals surface area contributed by atoms with Crippen LogP contribution in [0, 0.1) is 71.6 Å². The number of hydrogen-bond acceptors (Lipinski definition) is 24. The Kier molecular flexibility index (Phi) is 17.0. The van der Waals surface area contributed by atoms with Crippen LogP contribution < -0.4 is 56.8 Å². The van der Waals surface area contributed by atoms with Gasteiger partial charge in [-0.05, 0) is 55.4 Å².